The Bertz CT molecular complexity index is 328. The molecule has 1 aromatic heterocycles. The van der Waals surface area contributed by atoms with Crippen LogP contribution in [0.4, 0.5) is 11.5 Å². The maximum absolute atomic E-state index is 5.63. The fourth-order valence-corrected chi connectivity index (χ4v) is 1.17. The van der Waals surface area contributed by atoms with Gasteiger partial charge in [-0.25, -0.2) is 4.98 Å². The molecule has 0 aliphatic carbocycles. The summed E-state index contributed by atoms with van der Waals surface area (Å²) in [6, 6.07) is 3.83. The van der Waals surface area contributed by atoms with Crippen LogP contribution in [0.1, 0.15) is 19.8 Å². The normalized spacial score (nSPS) is 11.7. The van der Waals surface area contributed by atoms with Crippen molar-refractivity contribution in [1.29, 1.82) is 0 Å². The Morgan fingerprint density at radius 2 is 2.50 bits per heavy atom. The maximum atomic E-state index is 5.63. The van der Waals surface area contributed by atoms with Crippen molar-refractivity contribution >= 4 is 11.5 Å². The van der Waals surface area contributed by atoms with Gasteiger partial charge < -0.3 is 11.1 Å². The number of rotatable bonds is 4. The lowest BCUT2D eigenvalue weighted by Gasteiger charge is -2.14. The average Bonchev–Trinajstić information content (AvgIpc) is 2.17. The van der Waals surface area contributed by atoms with Crippen LogP contribution < -0.4 is 11.1 Å². The van der Waals surface area contributed by atoms with E-state index < -0.39 is 0 Å². The molecule has 1 aromatic rings. The van der Waals surface area contributed by atoms with Gasteiger partial charge in [0.2, 0.25) is 0 Å². The molecule has 74 valence electrons. The predicted octanol–water partition coefficient (Wildman–Crippen LogP) is 1.88. The summed E-state index contributed by atoms with van der Waals surface area (Å²) < 4.78 is 0. The number of hydrogen-bond acceptors (Lipinski definition) is 3. The number of pyridine rings is 1. The summed E-state index contributed by atoms with van der Waals surface area (Å²) in [6.45, 7) is 2.08. The first-order valence-corrected chi connectivity index (χ1v) is 4.67. The van der Waals surface area contributed by atoms with Gasteiger partial charge in [0.05, 0.1) is 0 Å². The molecule has 3 nitrogen and oxygen atoms in total. The molecule has 14 heavy (non-hydrogen) atoms. The third kappa shape index (κ3) is 2.98. The number of nitrogen functional groups attached to an aromatic ring is 1. The smallest absolute Gasteiger partial charge is 0.128 e. The molecular weight excluding hydrogens is 174 g/mol. The lowest BCUT2D eigenvalue weighted by Crippen LogP contribution is -2.18. The van der Waals surface area contributed by atoms with Crippen molar-refractivity contribution in [3.8, 4) is 12.3 Å². The SMILES string of the molecule is C#CCC(CC)Nc1cc(N)ccn1. The number of hydrogen-bond donors (Lipinski definition) is 2. The number of nitrogens with one attached hydrogen (secondary N) is 1. The van der Waals surface area contributed by atoms with E-state index in [1.54, 1.807) is 18.3 Å². The second-order valence-electron chi connectivity index (χ2n) is 3.13. The van der Waals surface area contributed by atoms with E-state index >= 15 is 0 Å². The monoisotopic (exact) mass is 189 g/mol. The molecule has 0 radical (unpaired) electrons. The first kappa shape index (κ1) is 10.4. The maximum Gasteiger partial charge on any atom is 0.128 e. The quantitative estimate of drug-likeness (QED) is 0.711. The third-order valence-corrected chi connectivity index (χ3v) is 1.99. The van der Waals surface area contributed by atoms with E-state index in [4.69, 9.17) is 12.2 Å². The van der Waals surface area contributed by atoms with Crippen molar-refractivity contribution < 1.29 is 0 Å². The van der Waals surface area contributed by atoms with Gasteiger partial charge in [0.15, 0.2) is 0 Å². The molecule has 0 saturated heterocycles. The second kappa shape index (κ2) is 5.13. The van der Waals surface area contributed by atoms with Gasteiger partial charge in [0.1, 0.15) is 5.82 Å². The first-order chi connectivity index (χ1) is 6.76. The summed E-state index contributed by atoms with van der Waals surface area (Å²) in [6.07, 6.45) is 8.61. The lowest BCUT2D eigenvalue weighted by molar-refractivity contribution is 0.712. The van der Waals surface area contributed by atoms with E-state index in [-0.39, 0.29) is 6.04 Å². The Morgan fingerprint density at radius 3 is 3.07 bits per heavy atom. The van der Waals surface area contributed by atoms with E-state index in [1.165, 1.54) is 0 Å². The average molecular weight is 189 g/mol. The number of nitrogens with zero attached hydrogens (tertiary/aromatic N) is 1. The van der Waals surface area contributed by atoms with Crippen LogP contribution in [0.3, 0.4) is 0 Å². The molecule has 1 heterocycles. The van der Waals surface area contributed by atoms with E-state index in [1.807, 2.05) is 0 Å². The van der Waals surface area contributed by atoms with Crippen LogP contribution in [0.5, 0.6) is 0 Å². The Hall–Kier alpha value is -1.69. The predicted molar refractivity (Wildman–Crippen MR) is 59.8 cm³/mol. The van der Waals surface area contributed by atoms with Gasteiger partial charge in [-0.05, 0) is 12.5 Å². The summed E-state index contributed by atoms with van der Waals surface area (Å²) >= 11 is 0. The third-order valence-electron chi connectivity index (χ3n) is 1.99. The van der Waals surface area contributed by atoms with E-state index in [9.17, 15) is 0 Å². The standard InChI is InChI=1S/C11H15N3/c1-3-5-10(4-2)14-11-8-9(12)6-7-13-11/h1,6-8,10H,4-5H2,2H3,(H3,12,13,14). The zero-order valence-corrected chi connectivity index (χ0v) is 8.33. The van der Waals surface area contributed by atoms with Gasteiger partial charge in [-0.1, -0.05) is 6.92 Å². The van der Waals surface area contributed by atoms with E-state index in [0.29, 0.717) is 12.1 Å². The number of aromatic nitrogens is 1. The molecule has 1 rings (SSSR count). The molecule has 0 aliphatic rings. The highest BCUT2D eigenvalue weighted by Crippen LogP contribution is 2.11. The fourth-order valence-electron chi connectivity index (χ4n) is 1.17. The van der Waals surface area contributed by atoms with Gasteiger partial charge in [-0.2, -0.15) is 0 Å². The van der Waals surface area contributed by atoms with Crippen molar-refractivity contribution in [2.75, 3.05) is 11.1 Å². The molecule has 0 spiro atoms. The molecule has 1 atom stereocenters. The molecule has 1 unspecified atom stereocenters. The Labute approximate surface area is 84.7 Å². The topological polar surface area (TPSA) is 50.9 Å². The molecule has 0 aliphatic heterocycles. The van der Waals surface area contributed by atoms with Crippen molar-refractivity contribution in [1.82, 2.24) is 4.98 Å². The zero-order valence-electron chi connectivity index (χ0n) is 8.33. The summed E-state index contributed by atoms with van der Waals surface area (Å²) in [5, 5.41) is 3.24. The highest BCUT2D eigenvalue weighted by Gasteiger charge is 2.04. The van der Waals surface area contributed by atoms with Crippen molar-refractivity contribution in [2.45, 2.75) is 25.8 Å². The molecule has 0 saturated carbocycles. The Balaban J connectivity index is 2.63. The lowest BCUT2D eigenvalue weighted by atomic mass is 10.1. The van der Waals surface area contributed by atoms with Crippen molar-refractivity contribution in [2.24, 2.45) is 0 Å². The highest BCUT2D eigenvalue weighted by atomic mass is 15.0. The summed E-state index contributed by atoms with van der Waals surface area (Å²) in [5.41, 5.74) is 6.34. The van der Waals surface area contributed by atoms with Gasteiger partial charge in [-0.3, -0.25) is 0 Å². The molecule has 0 amide bonds. The van der Waals surface area contributed by atoms with Gasteiger partial charge in [0, 0.05) is 30.4 Å². The molecular formula is C11H15N3. The van der Waals surface area contributed by atoms with Crippen molar-refractivity contribution in [3.05, 3.63) is 18.3 Å². The van der Waals surface area contributed by atoms with Crippen LogP contribution in [0.15, 0.2) is 18.3 Å². The van der Waals surface area contributed by atoms with Crippen LogP contribution in [-0.2, 0) is 0 Å². The summed E-state index contributed by atoms with van der Waals surface area (Å²) in [7, 11) is 0. The minimum atomic E-state index is 0.272. The summed E-state index contributed by atoms with van der Waals surface area (Å²) in [5.74, 6) is 3.42. The number of nitrogens with two attached hydrogens (primary N) is 1. The Morgan fingerprint density at radius 1 is 1.71 bits per heavy atom. The first-order valence-electron chi connectivity index (χ1n) is 4.67. The second-order valence-corrected chi connectivity index (χ2v) is 3.13. The largest absolute Gasteiger partial charge is 0.399 e. The number of terminal acetylenes is 1. The van der Waals surface area contributed by atoms with Crippen LogP contribution in [-0.4, -0.2) is 11.0 Å². The molecule has 0 fully saturated rings. The molecule has 3 N–H and O–H groups in total. The fraction of sp³-hybridized carbons (Fsp3) is 0.364. The van der Waals surface area contributed by atoms with Crippen LogP contribution in [0.25, 0.3) is 0 Å². The van der Waals surface area contributed by atoms with E-state index in [2.05, 4.69) is 23.1 Å². The van der Waals surface area contributed by atoms with Crippen LogP contribution in [0, 0.1) is 12.3 Å². The highest BCUT2D eigenvalue weighted by molar-refractivity contribution is 5.48. The zero-order chi connectivity index (χ0) is 10.4. The van der Waals surface area contributed by atoms with Crippen LogP contribution in [0.2, 0.25) is 0 Å². The minimum absolute atomic E-state index is 0.272. The Kier molecular flexibility index (Phi) is 3.81. The molecule has 0 aromatic carbocycles. The van der Waals surface area contributed by atoms with Gasteiger partial charge in [-0.15, -0.1) is 12.3 Å². The van der Waals surface area contributed by atoms with Crippen molar-refractivity contribution in [3.63, 3.8) is 0 Å². The van der Waals surface area contributed by atoms with Gasteiger partial charge >= 0.3 is 0 Å². The summed E-state index contributed by atoms with van der Waals surface area (Å²) in [4.78, 5) is 4.15. The van der Waals surface area contributed by atoms with Gasteiger partial charge in [0.25, 0.3) is 0 Å². The van der Waals surface area contributed by atoms with E-state index in [0.717, 1.165) is 12.2 Å². The number of anilines is 2. The molecule has 3 heteroatoms. The minimum Gasteiger partial charge on any atom is -0.399 e. The molecule has 0 bridgehead atoms. The van der Waals surface area contributed by atoms with Crippen LogP contribution >= 0.6 is 0 Å².